The maximum atomic E-state index is 13.1. The van der Waals surface area contributed by atoms with Crippen molar-refractivity contribution in [2.45, 2.75) is 57.7 Å². The average Bonchev–Trinajstić information content (AvgIpc) is 3.21. The van der Waals surface area contributed by atoms with Crippen LogP contribution in [0.3, 0.4) is 0 Å². The minimum atomic E-state index is -1.72. The number of carbonyl (C=O) groups excluding carboxylic acids is 1. The van der Waals surface area contributed by atoms with Crippen molar-refractivity contribution < 1.29 is 23.8 Å². The van der Waals surface area contributed by atoms with Crippen LogP contribution in [0.4, 0.5) is 9.18 Å². The van der Waals surface area contributed by atoms with Gasteiger partial charge in [0.1, 0.15) is 11.4 Å². The van der Waals surface area contributed by atoms with Gasteiger partial charge in [0.05, 0.1) is 11.9 Å². The Hall–Kier alpha value is -2.18. The summed E-state index contributed by atoms with van der Waals surface area (Å²) in [6.07, 6.45) is 1.62. The molecule has 23 heavy (non-hydrogen) atoms. The number of hydrogen-bond acceptors (Lipinski definition) is 4. The van der Waals surface area contributed by atoms with Gasteiger partial charge in [0.25, 0.3) is 0 Å². The first-order valence-electron chi connectivity index (χ1n) is 7.43. The van der Waals surface area contributed by atoms with E-state index in [0.29, 0.717) is 12.8 Å². The molecule has 126 valence electrons. The summed E-state index contributed by atoms with van der Waals surface area (Å²) in [5.74, 6) is -1.81. The number of carboxylic acid groups (broad SMARTS) is 1. The quantitative estimate of drug-likeness (QED) is 0.921. The number of carbonyl (C=O) groups is 2. The Kier molecular flexibility index (Phi) is 4.32. The molecule has 1 aromatic rings. The van der Waals surface area contributed by atoms with Crippen LogP contribution >= 0.6 is 0 Å². The number of aromatic nitrogens is 1. The summed E-state index contributed by atoms with van der Waals surface area (Å²) in [7, 11) is 0. The molecule has 1 fully saturated rings. The molecule has 0 aliphatic heterocycles. The summed E-state index contributed by atoms with van der Waals surface area (Å²) in [6, 6.07) is 2.19. The van der Waals surface area contributed by atoms with Crippen LogP contribution in [0.5, 0.6) is 0 Å². The van der Waals surface area contributed by atoms with Crippen LogP contribution in [0.1, 0.15) is 46.2 Å². The Morgan fingerprint density at radius 3 is 2.30 bits per heavy atom. The molecule has 1 aliphatic carbocycles. The first-order chi connectivity index (χ1) is 10.6. The summed E-state index contributed by atoms with van der Waals surface area (Å²) < 4.78 is 18.5. The fourth-order valence-corrected chi connectivity index (χ4v) is 2.34. The van der Waals surface area contributed by atoms with E-state index in [1.165, 1.54) is 17.9 Å². The largest absolute Gasteiger partial charge is 0.479 e. The van der Waals surface area contributed by atoms with E-state index in [1.807, 2.05) is 0 Å². The van der Waals surface area contributed by atoms with Gasteiger partial charge in [-0.15, -0.1) is 0 Å². The van der Waals surface area contributed by atoms with Crippen LogP contribution in [-0.2, 0) is 15.1 Å². The number of ether oxygens (including phenoxy) is 1. The molecule has 1 heterocycles. The lowest BCUT2D eigenvalue weighted by Crippen LogP contribution is -2.55. The van der Waals surface area contributed by atoms with Gasteiger partial charge in [-0.2, -0.15) is 0 Å². The molecule has 0 aromatic carbocycles. The highest BCUT2D eigenvalue weighted by Gasteiger charge is 2.52. The van der Waals surface area contributed by atoms with E-state index in [2.05, 4.69) is 4.98 Å². The second-order valence-corrected chi connectivity index (χ2v) is 6.82. The van der Waals surface area contributed by atoms with Gasteiger partial charge in [-0.3, -0.25) is 9.88 Å². The lowest BCUT2D eigenvalue weighted by Gasteiger charge is -2.38. The second-order valence-electron chi connectivity index (χ2n) is 6.82. The van der Waals surface area contributed by atoms with Crippen molar-refractivity contribution in [3.63, 3.8) is 0 Å². The number of pyridine rings is 1. The predicted octanol–water partition coefficient (Wildman–Crippen LogP) is 2.92. The lowest BCUT2D eigenvalue weighted by molar-refractivity contribution is -0.151. The average molecular weight is 324 g/mol. The Labute approximate surface area is 134 Å². The van der Waals surface area contributed by atoms with Gasteiger partial charge in [-0.25, -0.2) is 14.0 Å². The van der Waals surface area contributed by atoms with Crippen molar-refractivity contribution >= 4 is 12.1 Å². The minimum Gasteiger partial charge on any atom is -0.479 e. The highest BCUT2D eigenvalue weighted by molar-refractivity contribution is 5.85. The molecule has 1 N–H and O–H groups in total. The van der Waals surface area contributed by atoms with Crippen molar-refractivity contribution in [3.05, 3.63) is 29.8 Å². The fourth-order valence-electron chi connectivity index (χ4n) is 2.34. The normalized spacial score (nSPS) is 17.3. The van der Waals surface area contributed by atoms with Crippen LogP contribution < -0.4 is 0 Å². The molecule has 0 spiro atoms. The molecule has 0 radical (unpaired) electrons. The standard InChI is InChI=1S/C16H21FN2O4/c1-15(2,3)23-14(22)19(11-6-7-11)16(4,13(20)21)12-8-5-10(17)9-18-12/h5,8-9,11H,6-7H2,1-4H3,(H,20,21). The smallest absolute Gasteiger partial charge is 0.411 e. The number of rotatable bonds is 4. The van der Waals surface area contributed by atoms with Crippen molar-refractivity contribution in [1.29, 1.82) is 0 Å². The molecule has 1 aromatic heterocycles. The minimum absolute atomic E-state index is 0.0872. The van der Waals surface area contributed by atoms with Crippen LogP contribution in [0.15, 0.2) is 18.3 Å². The summed E-state index contributed by atoms with van der Waals surface area (Å²) in [6.45, 7) is 6.52. The Morgan fingerprint density at radius 1 is 1.30 bits per heavy atom. The zero-order valence-corrected chi connectivity index (χ0v) is 13.7. The lowest BCUT2D eigenvalue weighted by atomic mass is 9.94. The number of nitrogens with zero attached hydrogens (tertiary/aromatic N) is 2. The third-order valence-electron chi connectivity index (χ3n) is 3.63. The Morgan fingerprint density at radius 2 is 1.91 bits per heavy atom. The van der Waals surface area contributed by atoms with E-state index >= 15 is 0 Å². The summed E-state index contributed by atoms with van der Waals surface area (Å²) >= 11 is 0. The molecule has 1 amide bonds. The maximum Gasteiger partial charge on any atom is 0.411 e. The number of hydrogen-bond donors (Lipinski definition) is 1. The van der Waals surface area contributed by atoms with Gasteiger partial charge >= 0.3 is 12.1 Å². The van der Waals surface area contributed by atoms with E-state index in [-0.39, 0.29) is 11.7 Å². The van der Waals surface area contributed by atoms with Crippen LogP contribution in [-0.4, -0.2) is 38.7 Å². The maximum absolute atomic E-state index is 13.1. The monoisotopic (exact) mass is 324 g/mol. The topological polar surface area (TPSA) is 79.7 Å². The third-order valence-corrected chi connectivity index (χ3v) is 3.63. The first-order valence-corrected chi connectivity index (χ1v) is 7.43. The van der Waals surface area contributed by atoms with Gasteiger partial charge in [-0.1, -0.05) is 0 Å². The van der Waals surface area contributed by atoms with Crippen LogP contribution in [0, 0.1) is 5.82 Å². The van der Waals surface area contributed by atoms with E-state index in [1.54, 1.807) is 20.8 Å². The second kappa shape index (κ2) is 5.79. The SMILES string of the molecule is CC(C)(C)OC(=O)N(C1CC1)C(C)(C(=O)O)c1ccc(F)cn1. The molecule has 1 atom stereocenters. The molecule has 6 nitrogen and oxygen atoms in total. The highest BCUT2D eigenvalue weighted by Crippen LogP contribution is 2.39. The summed E-state index contributed by atoms with van der Waals surface area (Å²) in [5.41, 5.74) is -2.39. The highest BCUT2D eigenvalue weighted by atomic mass is 19.1. The summed E-state index contributed by atoms with van der Waals surface area (Å²) in [5, 5.41) is 9.77. The van der Waals surface area contributed by atoms with Crippen molar-refractivity contribution in [2.75, 3.05) is 0 Å². The molecular weight excluding hydrogens is 303 g/mol. The zero-order chi connectivity index (χ0) is 17.4. The van der Waals surface area contributed by atoms with E-state index < -0.39 is 29.0 Å². The van der Waals surface area contributed by atoms with Crippen LogP contribution in [0.25, 0.3) is 0 Å². The number of carboxylic acids is 1. The molecule has 1 saturated carbocycles. The molecule has 7 heteroatoms. The van der Waals surface area contributed by atoms with Crippen LogP contribution in [0.2, 0.25) is 0 Å². The molecule has 1 aliphatic rings. The molecular formula is C16H21FN2O4. The van der Waals surface area contributed by atoms with Gasteiger partial charge < -0.3 is 9.84 Å². The number of amides is 1. The molecule has 2 rings (SSSR count). The molecule has 1 unspecified atom stereocenters. The zero-order valence-electron chi connectivity index (χ0n) is 13.7. The molecule has 0 saturated heterocycles. The predicted molar refractivity (Wildman–Crippen MR) is 80.3 cm³/mol. The van der Waals surface area contributed by atoms with E-state index in [9.17, 15) is 19.1 Å². The Balaban J connectivity index is 2.45. The van der Waals surface area contributed by atoms with Gasteiger partial charge in [0.2, 0.25) is 0 Å². The number of aliphatic carboxylic acids is 1. The van der Waals surface area contributed by atoms with Gasteiger partial charge in [0.15, 0.2) is 5.54 Å². The number of halogens is 1. The Bertz CT molecular complexity index is 608. The van der Waals surface area contributed by atoms with Crippen molar-refractivity contribution in [3.8, 4) is 0 Å². The van der Waals surface area contributed by atoms with Gasteiger partial charge in [-0.05, 0) is 52.7 Å². The van der Waals surface area contributed by atoms with Gasteiger partial charge in [0, 0.05) is 6.04 Å². The van der Waals surface area contributed by atoms with E-state index in [4.69, 9.17) is 4.74 Å². The summed E-state index contributed by atoms with van der Waals surface area (Å²) in [4.78, 5) is 29.6. The fraction of sp³-hybridized carbons (Fsp3) is 0.562. The molecule has 0 bridgehead atoms. The van der Waals surface area contributed by atoms with E-state index in [0.717, 1.165) is 12.3 Å². The first kappa shape index (κ1) is 17.2. The van der Waals surface area contributed by atoms with Crippen molar-refractivity contribution in [1.82, 2.24) is 9.88 Å². The van der Waals surface area contributed by atoms with Crippen molar-refractivity contribution in [2.24, 2.45) is 0 Å². The third kappa shape index (κ3) is 3.60.